The average Bonchev–Trinajstić information content (AvgIpc) is 2.72. The van der Waals surface area contributed by atoms with Gasteiger partial charge in [0.1, 0.15) is 17.8 Å². The fraction of sp³-hybridized carbons (Fsp3) is 0.562. The summed E-state index contributed by atoms with van der Waals surface area (Å²) in [4.78, 5) is 14.3. The van der Waals surface area contributed by atoms with Gasteiger partial charge in [-0.3, -0.25) is 10.1 Å². The van der Waals surface area contributed by atoms with E-state index in [1.165, 1.54) is 12.1 Å². The molecule has 1 saturated heterocycles. The molecule has 3 rings (SSSR count). The van der Waals surface area contributed by atoms with Crippen LogP contribution in [0.15, 0.2) is 18.2 Å². The minimum atomic E-state index is -0.602. The molecule has 1 aliphatic carbocycles. The van der Waals surface area contributed by atoms with E-state index in [9.17, 15) is 13.6 Å². The summed E-state index contributed by atoms with van der Waals surface area (Å²) in [7, 11) is 0. The maximum Gasteiger partial charge on any atom is 0.241 e. The number of hydrogen-bond acceptors (Lipinski definition) is 2. The summed E-state index contributed by atoms with van der Waals surface area (Å²) in [5.41, 5.74) is 0.347. The van der Waals surface area contributed by atoms with Crippen LogP contribution in [-0.4, -0.2) is 22.9 Å². The van der Waals surface area contributed by atoms with Gasteiger partial charge in [0.25, 0.3) is 0 Å². The number of hydrogen-bond donors (Lipinski definition) is 1. The molecule has 0 spiro atoms. The van der Waals surface area contributed by atoms with Gasteiger partial charge < -0.3 is 4.90 Å². The van der Waals surface area contributed by atoms with Crippen molar-refractivity contribution in [3.63, 3.8) is 0 Å². The summed E-state index contributed by atoms with van der Waals surface area (Å²) in [5, 5.41) is 3.19. The van der Waals surface area contributed by atoms with Gasteiger partial charge in [-0.1, -0.05) is 13.8 Å². The predicted molar refractivity (Wildman–Crippen MR) is 75.3 cm³/mol. The number of halogens is 2. The van der Waals surface area contributed by atoms with Crippen LogP contribution in [0.4, 0.5) is 8.78 Å². The third-order valence-corrected chi connectivity index (χ3v) is 4.60. The quantitative estimate of drug-likeness (QED) is 0.929. The number of nitrogens with one attached hydrogen (secondary N) is 1. The molecule has 0 aromatic heterocycles. The number of nitrogens with zero attached hydrogens (tertiary/aromatic N) is 1. The van der Waals surface area contributed by atoms with Crippen LogP contribution < -0.4 is 5.32 Å². The van der Waals surface area contributed by atoms with Gasteiger partial charge in [0.05, 0.1) is 6.04 Å². The molecule has 1 aromatic carbocycles. The van der Waals surface area contributed by atoms with Crippen LogP contribution in [0, 0.1) is 17.6 Å². The molecule has 2 unspecified atom stereocenters. The van der Waals surface area contributed by atoms with Crippen LogP contribution in [0.2, 0.25) is 0 Å². The van der Waals surface area contributed by atoms with Gasteiger partial charge >= 0.3 is 0 Å². The highest BCUT2D eigenvalue weighted by atomic mass is 19.1. The number of rotatable bonds is 3. The molecule has 2 atom stereocenters. The molecule has 1 aromatic rings. The molecule has 1 amide bonds. The van der Waals surface area contributed by atoms with Crippen molar-refractivity contribution in [2.75, 3.05) is 0 Å². The summed E-state index contributed by atoms with van der Waals surface area (Å²) in [6.45, 7) is 4.08. The summed E-state index contributed by atoms with van der Waals surface area (Å²) < 4.78 is 27.2. The van der Waals surface area contributed by atoms with Gasteiger partial charge in [0.15, 0.2) is 0 Å². The lowest BCUT2D eigenvalue weighted by molar-refractivity contribution is -0.135. The lowest BCUT2D eigenvalue weighted by Gasteiger charge is -2.42. The standard InChI is InChI=1S/C16H20F2N2O/c1-3-14-16(21)20(11-6-9(2)7-11)15(19-14)12-5-4-10(17)8-13(12)18/h4-5,8-9,11,14-15,19H,3,6-7H2,1-2H3. The summed E-state index contributed by atoms with van der Waals surface area (Å²) in [6, 6.07) is 3.43. The third kappa shape index (κ3) is 2.44. The van der Waals surface area contributed by atoms with Crippen LogP contribution >= 0.6 is 0 Å². The zero-order valence-corrected chi connectivity index (χ0v) is 12.3. The van der Waals surface area contributed by atoms with Crippen LogP contribution in [0.1, 0.15) is 44.8 Å². The van der Waals surface area contributed by atoms with Crippen molar-refractivity contribution in [3.05, 3.63) is 35.4 Å². The molecule has 0 radical (unpaired) electrons. The van der Waals surface area contributed by atoms with Gasteiger partial charge in [-0.05, 0) is 37.3 Å². The van der Waals surface area contributed by atoms with Crippen LogP contribution in [0.25, 0.3) is 0 Å². The van der Waals surface area contributed by atoms with E-state index in [0.717, 1.165) is 18.9 Å². The van der Waals surface area contributed by atoms with E-state index >= 15 is 0 Å². The van der Waals surface area contributed by atoms with Gasteiger partial charge in [0, 0.05) is 17.7 Å². The van der Waals surface area contributed by atoms with E-state index in [1.54, 1.807) is 4.90 Å². The highest BCUT2D eigenvalue weighted by molar-refractivity contribution is 5.85. The Morgan fingerprint density at radius 3 is 2.62 bits per heavy atom. The molecule has 0 bridgehead atoms. The zero-order valence-electron chi connectivity index (χ0n) is 12.3. The normalized spacial score (nSPS) is 32.4. The fourth-order valence-corrected chi connectivity index (χ4v) is 3.38. The van der Waals surface area contributed by atoms with Crippen molar-refractivity contribution in [1.82, 2.24) is 10.2 Å². The summed E-state index contributed by atoms with van der Waals surface area (Å²) >= 11 is 0. The molecular formula is C16H20F2N2O. The van der Waals surface area contributed by atoms with E-state index in [0.29, 0.717) is 17.9 Å². The van der Waals surface area contributed by atoms with Crippen LogP contribution in [0.3, 0.4) is 0 Å². The van der Waals surface area contributed by atoms with Crippen molar-refractivity contribution in [2.24, 2.45) is 5.92 Å². The van der Waals surface area contributed by atoms with Crippen molar-refractivity contribution in [1.29, 1.82) is 0 Å². The molecule has 5 heteroatoms. The van der Waals surface area contributed by atoms with E-state index < -0.39 is 17.8 Å². The molecule has 2 fully saturated rings. The topological polar surface area (TPSA) is 32.3 Å². The van der Waals surface area contributed by atoms with Crippen molar-refractivity contribution in [2.45, 2.75) is 51.4 Å². The Kier molecular flexibility index (Phi) is 3.69. The molecule has 1 saturated carbocycles. The zero-order chi connectivity index (χ0) is 15.1. The summed E-state index contributed by atoms with van der Waals surface area (Å²) in [5.74, 6) is -0.573. The fourth-order valence-electron chi connectivity index (χ4n) is 3.38. The second-order valence-corrected chi connectivity index (χ2v) is 6.17. The van der Waals surface area contributed by atoms with Gasteiger partial charge in [0.2, 0.25) is 5.91 Å². The molecule has 3 nitrogen and oxygen atoms in total. The number of benzene rings is 1. The van der Waals surface area contributed by atoms with E-state index in [-0.39, 0.29) is 18.0 Å². The van der Waals surface area contributed by atoms with Gasteiger partial charge in [-0.2, -0.15) is 0 Å². The van der Waals surface area contributed by atoms with Crippen LogP contribution in [0.5, 0.6) is 0 Å². The predicted octanol–water partition coefficient (Wildman–Crippen LogP) is 2.97. The van der Waals surface area contributed by atoms with Gasteiger partial charge in [-0.15, -0.1) is 0 Å². The largest absolute Gasteiger partial charge is 0.318 e. The Morgan fingerprint density at radius 2 is 2.05 bits per heavy atom. The molecular weight excluding hydrogens is 274 g/mol. The van der Waals surface area contributed by atoms with Gasteiger partial charge in [-0.25, -0.2) is 8.78 Å². The lowest BCUT2D eigenvalue weighted by atomic mass is 9.80. The average molecular weight is 294 g/mol. The van der Waals surface area contributed by atoms with Crippen molar-refractivity contribution in [3.8, 4) is 0 Å². The summed E-state index contributed by atoms with van der Waals surface area (Å²) in [6.07, 6.45) is 2.07. The number of carbonyl (C=O) groups excluding carboxylic acids is 1. The molecule has 1 aliphatic heterocycles. The van der Waals surface area contributed by atoms with Crippen LogP contribution in [-0.2, 0) is 4.79 Å². The lowest BCUT2D eigenvalue weighted by Crippen LogP contribution is -2.47. The SMILES string of the molecule is CCC1NC(c2ccc(F)cc2F)N(C2CC(C)C2)C1=O. The first kappa shape index (κ1) is 14.4. The maximum atomic E-state index is 14.1. The number of carbonyl (C=O) groups is 1. The third-order valence-electron chi connectivity index (χ3n) is 4.60. The van der Waals surface area contributed by atoms with Crippen molar-refractivity contribution < 1.29 is 13.6 Å². The molecule has 1 heterocycles. The van der Waals surface area contributed by atoms with E-state index in [1.807, 2.05) is 6.92 Å². The Labute approximate surface area is 123 Å². The number of amides is 1. The minimum Gasteiger partial charge on any atom is -0.318 e. The Hall–Kier alpha value is -1.49. The molecule has 114 valence electrons. The molecule has 21 heavy (non-hydrogen) atoms. The first-order chi connectivity index (χ1) is 10.0. The first-order valence-electron chi connectivity index (χ1n) is 7.54. The smallest absolute Gasteiger partial charge is 0.241 e. The minimum absolute atomic E-state index is 0.0307. The van der Waals surface area contributed by atoms with E-state index in [4.69, 9.17) is 0 Å². The maximum absolute atomic E-state index is 14.1. The molecule has 2 aliphatic rings. The van der Waals surface area contributed by atoms with Crippen molar-refractivity contribution >= 4 is 5.91 Å². The first-order valence-corrected chi connectivity index (χ1v) is 7.54. The molecule has 1 N–H and O–H groups in total. The van der Waals surface area contributed by atoms with E-state index in [2.05, 4.69) is 12.2 Å². The monoisotopic (exact) mass is 294 g/mol. The Morgan fingerprint density at radius 1 is 1.33 bits per heavy atom. The second kappa shape index (κ2) is 5.37. The highest BCUT2D eigenvalue weighted by Gasteiger charge is 2.46. The highest BCUT2D eigenvalue weighted by Crippen LogP contribution is 2.39. The Bertz CT molecular complexity index is 557. The Balaban J connectivity index is 1.92. The second-order valence-electron chi connectivity index (χ2n) is 6.17.